The van der Waals surface area contributed by atoms with Crippen LogP contribution in [0.3, 0.4) is 0 Å². The second-order valence-electron chi connectivity index (χ2n) is 3.79. The maximum Gasteiger partial charge on any atom is 0.120 e. The number of hydrogen-bond donors (Lipinski definition) is 0. The molecular formula is C10H14OS. The van der Waals surface area contributed by atoms with E-state index in [1.807, 2.05) is 0 Å². The Kier molecular flexibility index (Phi) is 3.04. The fourth-order valence-corrected chi connectivity index (χ4v) is 2.15. The van der Waals surface area contributed by atoms with Gasteiger partial charge in [-0.3, -0.25) is 0 Å². The quantitative estimate of drug-likeness (QED) is 0.654. The normalized spacial score (nSPS) is 11.5. The minimum absolute atomic E-state index is 0.118. The molecule has 0 unspecified atom stereocenters. The molecule has 0 aliphatic rings. The molecule has 1 aromatic rings. The lowest BCUT2D eigenvalue weighted by Crippen LogP contribution is -2.14. The van der Waals surface area contributed by atoms with Crippen molar-refractivity contribution in [3.63, 3.8) is 0 Å². The second kappa shape index (κ2) is 3.85. The zero-order valence-corrected chi connectivity index (χ0v) is 8.36. The van der Waals surface area contributed by atoms with Crippen molar-refractivity contribution in [2.24, 2.45) is 5.41 Å². The first kappa shape index (κ1) is 9.46. The van der Waals surface area contributed by atoms with Crippen molar-refractivity contribution in [3.05, 3.63) is 22.4 Å². The molecule has 0 saturated carbocycles. The Bertz CT molecular complexity index is 236. The smallest absolute Gasteiger partial charge is 0.120 e. The van der Waals surface area contributed by atoms with E-state index in [9.17, 15) is 4.79 Å². The maximum atomic E-state index is 10.4. The lowest BCUT2D eigenvalue weighted by Gasteiger charge is -2.20. The van der Waals surface area contributed by atoms with Crippen LogP contribution in [0, 0.1) is 5.41 Å². The summed E-state index contributed by atoms with van der Waals surface area (Å²) in [5, 5.41) is 2.08. The van der Waals surface area contributed by atoms with Crippen LogP contribution >= 0.6 is 11.3 Å². The predicted molar refractivity (Wildman–Crippen MR) is 52.5 cm³/mol. The van der Waals surface area contributed by atoms with Gasteiger partial charge in [0.15, 0.2) is 0 Å². The van der Waals surface area contributed by atoms with Crippen molar-refractivity contribution < 1.29 is 4.79 Å². The van der Waals surface area contributed by atoms with Crippen molar-refractivity contribution in [1.29, 1.82) is 0 Å². The van der Waals surface area contributed by atoms with E-state index in [0.717, 1.165) is 12.7 Å². The van der Waals surface area contributed by atoms with Gasteiger partial charge in [0.2, 0.25) is 0 Å². The van der Waals surface area contributed by atoms with Crippen LogP contribution in [0.2, 0.25) is 0 Å². The molecule has 0 saturated heterocycles. The number of carbonyl (C=O) groups excluding carboxylic acids is 1. The van der Waals surface area contributed by atoms with Crippen LogP contribution in [0.15, 0.2) is 17.5 Å². The lowest BCUT2D eigenvalue weighted by molar-refractivity contribution is -0.109. The average molecular weight is 182 g/mol. The minimum atomic E-state index is 0.118. The summed E-state index contributed by atoms with van der Waals surface area (Å²) in [6, 6.07) is 4.17. The van der Waals surface area contributed by atoms with Crippen LogP contribution in [0.4, 0.5) is 0 Å². The highest BCUT2D eigenvalue weighted by Crippen LogP contribution is 2.26. The molecule has 0 amide bonds. The van der Waals surface area contributed by atoms with Crippen LogP contribution < -0.4 is 0 Å². The average Bonchev–Trinajstić information content (AvgIpc) is 2.38. The Balaban J connectivity index is 2.55. The molecule has 66 valence electrons. The molecule has 1 rings (SSSR count). The third-order valence-corrected chi connectivity index (χ3v) is 2.75. The van der Waals surface area contributed by atoms with Gasteiger partial charge in [-0.1, -0.05) is 19.9 Å². The molecule has 1 aromatic heterocycles. The number of hydrogen-bond acceptors (Lipinski definition) is 2. The lowest BCUT2D eigenvalue weighted by atomic mass is 9.86. The molecule has 2 heteroatoms. The van der Waals surface area contributed by atoms with Gasteiger partial charge in [-0.2, -0.15) is 0 Å². The van der Waals surface area contributed by atoms with Gasteiger partial charge in [0.05, 0.1) is 0 Å². The van der Waals surface area contributed by atoms with E-state index in [-0.39, 0.29) is 5.41 Å². The van der Waals surface area contributed by atoms with Crippen LogP contribution in [-0.2, 0) is 11.2 Å². The summed E-state index contributed by atoms with van der Waals surface area (Å²) in [6.07, 6.45) is 2.65. The topological polar surface area (TPSA) is 17.1 Å². The fourth-order valence-electron chi connectivity index (χ4n) is 1.18. The van der Waals surface area contributed by atoms with Crippen molar-refractivity contribution >= 4 is 17.6 Å². The molecule has 0 N–H and O–H groups in total. The first-order valence-electron chi connectivity index (χ1n) is 4.10. The third-order valence-electron chi connectivity index (χ3n) is 1.87. The van der Waals surface area contributed by atoms with Crippen molar-refractivity contribution in [2.45, 2.75) is 26.7 Å². The van der Waals surface area contributed by atoms with Crippen LogP contribution in [0.5, 0.6) is 0 Å². The first-order valence-corrected chi connectivity index (χ1v) is 4.98. The molecule has 0 aromatic carbocycles. The van der Waals surface area contributed by atoms with Crippen molar-refractivity contribution in [3.8, 4) is 0 Å². The number of aldehydes is 1. The minimum Gasteiger partial charge on any atom is -0.303 e. The predicted octanol–water partition coefficient (Wildman–Crippen LogP) is 2.91. The molecule has 1 nitrogen and oxygen atoms in total. The monoisotopic (exact) mass is 182 g/mol. The summed E-state index contributed by atoms with van der Waals surface area (Å²) in [6.45, 7) is 4.25. The summed E-state index contributed by atoms with van der Waals surface area (Å²) < 4.78 is 0. The standard InChI is InChI=1S/C10H14OS/c1-10(2,5-6-11)8-9-4-3-7-12-9/h3-4,6-7H,5,8H2,1-2H3. The van der Waals surface area contributed by atoms with E-state index in [2.05, 4.69) is 31.4 Å². The Morgan fingerprint density at radius 2 is 2.33 bits per heavy atom. The number of carbonyl (C=O) groups is 1. The van der Waals surface area contributed by atoms with Gasteiger partial charge in [-0.15, -0.1) is 11.3 Å². The highest BCUT2D eigenvalue weighted by atomic mass is 32.1. The van der Waals surface area contributed by atoms with E-state index < -0.39 is 0 Å². The Morgan fingerprint density at radius 1 is 1.58 bits per heavy atom. The molecule has 0 atom stereocenters. The molecular weight excluding hydrogens is 168 g/mol. The zero-order valence-electron chi connectivity index (χ0n) is 7.54. The van der Waals surface area contributed by atoms with Gasteiger partial charge in [-0.05, 0) is 23.3 Å². The van der Waals surface area contributed by atoms with Crippen molar-refractivity contribution in [2.75, 3.05) is 0 Å². The molecule has 0 spiro atoms. The fraction of sp³-hybridized carbons (Fsp3) is 0.500. The molecule has 0 aliphatic carbocycles. The van der Waals surface area contributed by atoms with Crippen LogP contribution in [0.1, 0.15) is 25.1 Å². The second-order valence-corrected chi connectivity index (χ2v) is 4.82. The van der Waals surface area contributed by atoms with Gasteiger partial charge < -0.3 is 4.79 Å². The molecule has 0 radical (unpaired) electrons. The Hall–Kier alpha value is -0.630. The summed E-state index contributed by atoms with van der Waals surface area (Å²) in [5.41, 5.74) is 0.118. The molecule has 0 fully saturated rings. The van der Waals surface area contributed by atoms with Crippen molar-refractivity contribution in [1.82, 2.24) is 0 Å². The molecule has 1 heterocycles. The molecule has 0 bridgehead atoms. The number of rotatable bonds is 4. The van der Waals surface area contributed by atoms with Gasteiger partial charge >= 0.3 is 0 Å². The maximum absolute atomic E-state index is 10.4. The van der Waals surface area contributed by atoms with Gasteiger partial charge in [0.25, 0.3) is 0 Å². The van der Waals surface area contributed by atoms with E-state index in [1.165, 1.54) is 4.88 Å². The Morgan fingerprint density at radius 3 is 2.83 bits per heavy atom. The Labute approximate surface area is 77.4 Å². The SMILES string of the molecule is CC(C)(CC=O)Cc1cccs1. The zero-order chi connectivity index (χ0) is 9.03. The summed E-state index contributed by atoms with van der Waals surface area (Å²) in [7, 11) is 0. The summed E-state index contributed by atoms with van der Waals surface area (Å²) >= 11 is 1.76. The largest absolute Gasteiger partial charge is 0.303 e. The van der Waals surface area contributed by atoms with Gasteiger partial charge in [0.1, 0.15) is 6.29 Å². The van der Waals surface area contributed by atoms with Crippen LogP contribution in [-0.4, -0.2) is 6.29 Å². The van der Waals surface area contributed by atoms with Gasteiger partial charge in [-0.25, -0.2) is 0 Å². The highest BCUT2D eigenvalue weighted by molar-refractivity contribution is 7.09. The summed E-state index contributed by atoms with van der Waals surface area (Å²) in [4.78, 5) is 11.7. The number of thiophene rings is 1. The first-order chi connectivity index (χ1) is 5.64. The van der Waals surface area contributed by atoms with Crippen LogP contribution in [0.25, 0.3) is 0 Å². The third kappa shape index (κ3) is 2.78. The van der Waals surface area contributed by atoms with E-state index in [1.54, 1.807) is 11.3 Å². The van der Waals surface area contributed by atoms with Gasteiger partial charge in [0, 0.05) is 11.3 Å². The van der Waals surface area contributed by atoms with E-state index in [0.29, 0.717) is 6.42 Å². The molecule has 12 heavy (non-hydrogen) atoms. The summed E-state index contributed by atoms with van der Waals surface area (Å²) in [5.74, 6) is 0. The van der Waals surface area contributed by atoms with E-state index in [4.69, 9.17) is 0 Å². The highest BCUT2D eigenvalue weighted by Gasteiger charge is 2.17. The van der Waals surface area contributed by atoms with E-state index >= 15 is 0 Å². The molecule has 0 aliphatic heterocycles.